The molecule has 0 saturated carbocycles. The van der Waals surface area contributed by atoms with Crippen LogP contribution in [0.2, 0.25) is 0 Å². The van der Waals surface area contributed by atoms with Crippen molar-refractivity contribution in [3.8, 4) is 0 Å². The van der Waals surface area contributed by atoms with Gasteiger partial charge in [0, 0.05) is 0 Å². The Morgan fingerprint density at radius 3 is 1.08 bits per heavy atom. The smallest absolute Gasteiger partial charge is 0.222 e. The van der Waals surface area contributed by atoms with E-state index in [9.17, 15) is 20.1 Å². The van der Waals surface area contributed by atoms with Gasteiger partial charge in [0.25, 0.3) is 0 Å². The molecule has 0 aromatic carbocycles. The summed E-state index contributed by atoms with van der Waals surface area (Å²) < 4.78 is 0. The predicted octanol–water partition coefficient (Wildman–Crippen LogP) is 18.0. The van der Waals surface area contributed by atoms with Crippen LogP contribution < -0.4 is 5.32 Å². The molecule has 0 rings (SSSR count). The molecule has 3 unspecified atom stereocenters. The van der Waals surface area contributed by atoms with Crippen LogP contribution in [0.15, 0.2) is 48.6 Å². The minimum atomic E-state index is -0.953. The third-order valence-corrected chi connectivity index (χ3v) is 13.3. The van der Waals surface area contributed by atoms with Crippen molar-refractivity contribution in [2.24, 2.45) is 0 Å². The third-order valence-electron chi connectivity index (χ3n) is 13.3. The molecule has 0 bridgehead atoms. The summed E-state index contributed by atoms with van der Waals surface area (Å²) in [5.41, 5.74) is 0. The number of amides is 1. The highest BCUT2D eigenvalue weighted by Gasteiger charge is 2.20. The molecule has 3 atom stereocenters. The quantitative estimate of drug-likeness (QED) is 0.0361. The van der Waals surface area contributed by atoms with E-state index < -0.39 is 18.2 Å². The first-order chi connectivity index (χ1) is 32.0. The molecule has 0 radical (unpaired) electrons. The van der Waals surface area contributed by atoms with Gasteiger partial charge in [-0.1, -0.05) is 281 Å². The lowest BCUT2D eigenvalue weighted by Crippen LogP contribution is -2.45. The van der Waals surface area contributed by atoms with E-state index >= 15 is 0 Å². The minimum Gasteiger partial charge on any atom is -0.394 e. The van der Waals surface area contributed by atoms with E-state index in [0.29, 0.717) is 6.42 Å². The van der Waals surface area contributed by atoms with E-state index in [1.807, 2.05) is 6.08 Å². The van der Waals surface area contributed by atoms with E-state index in [1.54, 1.807) is 6.08 Å². The van der Waals surface area contributed by atoms with Crippen LogP contribution in [0.25, 0.3) is 0 Å². The number of unbranched alkanes of at least 4 members (excludes halogenated alkanes) is 38. The topological polar surface area (TPSA) is 89.8 Å². The highest BCUT2D eigenvalue weighted by atomic mass is 16.3. The minimum absolute atomic E-state index is 0.00621. The van der Waals surface area contributed by atoms with E-state index in [-0.39, 0.29) is 18.9 Å². The van der Waals surface area contributed by atoms with Gasteiger partial charge in [-0.2, -0.15) is 0 Å². The Bertz CT molecular complexity index is 1050. The summed E-state index contributed by atoms with van der Waals surface area (Å²) >= 11 is 0. The lowest BCUT2D eigenvalue weighted by Gasteiger charge is -2.21. The van der Waals surface area contributed by atoms with Crippen LogP contribution in [0.4, 0.5) is 0 Å². The average molecular weight is 913 g/mol. The van der Waals surface area contributed by atoms with Crippen molar-refractivity contribution in [2.75, 3.05) is 6.61 Å². The maximum absolute atomic E-state index is 12.5. The number of aliphatic hydroxyl groups excluding tert-OH is 3. The number of allylic oxidation sites excluding steroid dienone is 7. The molecule has 1 amide bonds. The van der Waals surface area contributed by atoms with Crippen molar-refractivity contribution < 1.29 is 20.1 Å². The van der Waals surface area contributed by atoms with Crippen LogP contribution >= 0.6 is 0 Å². The number of nitrogens with one attached hydrogen (secondary N) is 1. The summed E-state index contributed by atoms with van der Waals surface area (Å²) in [6, 6.07) is -0.762. The van der Waals surface area contributed by atoms with Gasteiger partial charge in [0.1, 0.15) is 0 Å². The van der Waals surface area contributed by atoms with Gasteiger partial charge < -0.3 is 20.6 Å². The molecule has 4 N–H and O–H groups in total. The lowest BCUT2D eigenvalue weighted by atomic mass is 10.0. The van der Waals surface area contributed by atoms with Crippen molar-refractivity contribution in [1.82, 2.24) is 5.32 Å². The van der Waals surface area contributed by atoms with E-state index in [1.165, 1.54) is 238 Å². The number of rotatable bonds is 53. The molecule has 0 spiro atoms. The van der Waals surface area contributed by atoms with Crippen molar-refractivity contribution in [1.29, 1.82) is 0 Å². The Morgan fingerprint density at radius 1 is 0.400 bits per heavy atom. The average Bonchev–Trinajstić information content (AvgIpc) is 3.30. The fraction of sp³-hybridized carbons (Fsp3) is 0.850. The SMILES string of the molecule is CCCCCCCCCCCCC/C=C\C/C=C\CCCCCCCCCCCCCCCCCC(O)CC(=O)NC(CO)C(O)/C=C/CC/C=C/CCCCCCCCCCCCC. The Balaban J connectivity index is 3.55. The number of aliphatic hydroxyl groups is 3. The zero-order chi connectivity index (χ0) is 47.2. The Labute approximate surface area is 406 Å². The molecular formula is C60H113NO4. The van der Waals surface area contributed by atoms with Crippen LogP contribution in [0.1, 0.15) is 303 Å². The number of hydrogen-bond acceptors (Lipinski definition) is 4. The molecule has 0 fully saturated rings. The maximum Gasteiger partial charge on any atom is 0.222 e. The molecule has 0 aromatic heterocycles. The van der Waals surface area contributed by atoms with Gasteiger partial charge in [-0.05, 0) is 64.2 Å². The second-order valence-electron chi connectivity index (χ2n) is 19.9. The van der Waals surface area contributed by atoms with Gasteiger partial charge in [0.2, 0.25) is 5.91 Å². The molecule has 5 nitrogen and oxygen atoms in total. The molecule has 5 heteroatoms. The highest BCUT2D eigenvalue weighted by molar-refractivity contribution is 5.76. The van der Waals surface area contributed by atoms with Crippen LogP contribution in [-0.4, -0.2) is 46.1 Å². The highest BCUT2D eigenvalue weighted by Crippen LogP contribution is 2.17. The fourth-order valence-corrected chi connectivity index (χ4v) is 8.92. The van der Waals surface area contributed by atoms with Gasteiger partial charge in [-0.25, -0.2) is 0 Å². The van der Waals surface area contributed by atoms with Gasteiger partial charge >= 0.3 is 0 Å². The molecule has 382 valence electrons. The standard InChI is InChI=1S/C60H113NO4/c1-3-5-7-9-11-13-15-17-19-21-22-23-24-25-26-27-28-29-30-31-32-33-34-35-36-38-39-41-43-45-47-49-51-53-57(63)55-60(65)61-58(56-62)59(64)54-52-50-48-46-44-42-40-37-20-18-16-14-12-10-8-6-4-2/h24-25,27-28,44,46,52,54,57-59,62-64H,3-23,26,29-43,45,47-51,53,55-56H2,1-2H3,(H,61,65)/b25-24-,28-27-,46-44+,54-52+. The Hall–Kier alpha value is -1.69. The molecule has 65 heavy (non-hydrogen) atoms. The molecule has 0 aliphatic heterocycles. The zero-order valence-electron chi connectivity index (χ0n) is 43.6. The van der Waals surface area contributed by atoms with Crippen molar-refractivity contribution in [3.05, 3.63) is 48.6 Å². The van der Waals surface area contributed by atoms with Crippen molar-refractivity contribution in [3.63, 3.8) is 0 Å². The van der Waals surface area contributed by atoms with Gasteiger partial charge in [-0.3, -0.25) is 4.79 Å². The molecule has 0 heterocycles. The van der Waals surface area contributed by atoms with Crippen LogP contribution in [0, 0.1) is 0 Å². The summed E-state index contributed by atoms with van der Waals surface area (Å²) in [7, 11) is 0. The lowest BCUT2D eigenvalue weighted by molar-refractivity contribution is -0.124. The summed E-state index contributed by atoms with van der Waals surface area (Å²) in [4.78, 5) is 12.5. The predicted molar refractivity (Wildman–Crippen MR) is 287 cm³/mol. The van der Waals surface area contributed by atoms with Crippen molar-refractivity contribution in [2.45, 2.75) is 321 Å². The number of hydrogen-bond donors (Lipinski definition) is 4. The molecule has 0 aliphatic rings. The van der Waals surface area contributed by atoms with E-state index in [0.717, 1.165) is 38.5 Å². The molecule has 0 aromatic rings. The third kappa shape index (κ3) is 51.5. The van der Waals surface area contributed by atoms with Gasteiger partial charge in [-0.15, -0.1) is 0 Å². The monoisotopic (exact) mass is 912 g/mol. The molecule has 0 saturated heterocycles. The van der Waals surface area contributed by atoms with Crippen LogP contribution in [0.5, 0.6) is 0 Å². The Kier molecular flexibility index (Phi) is 53.5. The second kappa shape index (κ2) is 54.9. The van der Waals surface area contributed by atoms with Crippen LogP contribution in [0.3, 0.4) is 0 Å². The number of carbonyl (C=O) groups is 1. The summed E-state index contributed by atoms with van der Waals surface area (Å²) in [6.07, 6.45) is 73.1. The summed E-state index contributed by atoms with van der Waals surface area (Å²) in [5.74, 6) is -0.323. The fourth-order valence-electron chi connectivity index (χ4n) is 8.92. The van der Waals surface area contributed by atoms with Gasteiger partial charge in [0.05, 0.1) is 31.3 Å². The van der Waals surface area contributed by atoms with E-state index in [4.69, 9.17) is 0 Å². The zero-order valence-corrected chi connectivity index (χ0v) is 43.6. The first-order valence-electron chi connectivity index (χ1n) is 28.9. The Morgan fingerprint density at radius 2 is 0.708 bits per heavy atom. The normalized spacial score (nSPS) is 13.6. The second-order valence-corrected chi connectivity index (χ2v) is 19.9. The first-order valence-corrected chi connectivity index (χ1v) is 28.9. The van der Waals surface area contributed by atoms with Crippen molar-refractivity contribution >= 4 is 5.91 Å². The number of carbonyl (C=O) groups excluding carboxylic acids is 1. The summed E-state index contributed by atoms with van der Waals surface area (Å²) in [5, 5.41) is 33.4. The molecular weight excluding hydrogens is 799 g/mol. The maximum atomic E-state index is 12.5. The van der Waals surface area contributed by atoms with Crippen LogP contribution in [-0.2, 0) is 4.79 Å². The summed E-state index contributed by atoms with van der Waals surface area (Å²) in [6.45, 7) is 4.22. The first kappa shape index (κ1) is 63.3. The van der Waals surface area contributed by atoms with Gasteiger partial charge in [0.15, 0.2) is 0 Å². The van der Waals surface area contributed by atoms with E-state index in [2.05, 4.69) is 55.6 Å². The largest absolute Gasteiger partial charge is 0.394 e. The molecule has 0 aliphatic carbocycles.